The Morgan fingerprint density at radius 3 is 2.35 bits per heavy atom. The minimum atomic E-state index is -0.149. The Labute approximate surface area is 186 Å². The molecule has 1 spiro atoms. The van der Waals surface area contributed by atoms with E-state index in [1.165, 1.54) is 11.1 Å². The SMILES string of the molecule is CCOc1ccc(CN2CCC3(CCN(CC[C@H](N)c4ccccc4)CC3)C2=O)cc1. The maximum atomic E-state index is 13.3. The number of nitrogens with two attached hydrogens (primary N) is 1. The molecule has 1 amide bonds. The number of ether oxygens (including phenoxy) is 1. The van der Waals surface area contributed by atoms with E-state index < -0.39 is 0 Å². The smallest absolute Gasteiger partial charge is 0.229 e. The third-order valence-electron chi connectivity index (χ3n) is 7.01. The standard InChI is InChI=1S/C26H35N3O2/c1-2-31-23-10-8-21(9-11-23)20-29-19-15-26(25(29)30)13-17-28(18-14-26)16-12-24(27)22-6-4-3-5-7-22/h3-11,24H,2,12-20,27H2,1H3/t24-/m0/s1. The molecule has 2 saturated heterocycles. The van der Waals surface area contributed by atoms with E-state index in [9.17, 15) is 4.79 Å². The summed E-state index contributed by atoms with van der Waals surface area (Å²) in [4.78, 5) is 17.8. The van der Waals surface area contributed by atoms with Gasteiger partial charge in [-0.3, -0.25) is 4.79 Å². The van der Waals surface area contributed by atoms with Gasteiger partial charge in [0.1, 0.15) is 5.75 Å². The van der Waals surface area contributed by atoms with E-state index in [1.54, 1.807) is 0 Å². The van der Waals surface area contributed by atoms with E-state index in [4.69, 9.17) is 10.5 Å². The van der Waals surface area contributed by atoms with Crippen LogP contribution in [0.1, 0.15) is 49.8 Å². The monoisotopic (exact) mass is 421 g/mol. The van der Waals surface area contributed by atoms with Gasteiger partial charge < -0.3 is 20.3 Å². The molecule has 1 atom stereocenters. The van der Waals surface area contributed by atoms with E-state index in [2.05, 4.69) is 34.1 Å². The molecule has 2 heterocycles. The number of carbonyl (C=O) groups excluding carboxylic acids is 1. The fourth-order valence-electron chi connectivity index (χ4n) is 4.98. The summed E-state index contributed by atoms with van der Waals surface area (Å²) in [5.41, 5.74) is 8.59. The maximum absolute atomic E-state index is 13.3. The molecule has 0 radical (unpaired) electrons. The van der Waals surface area contributed by atoms with Crippen LogP contribution in [0.3, 0.4) is 0 Å². The lowest BCUT2D eigenvalue weighted by Crippen LogP contribution is -2.45. The van der Waals surface area contributed by atoms with Crippen molar-refractivity contribution in [1.82, 2.24) is 9.80 Å². The van der Waals surface area contributed by atoms with Gasteiger partial charge in [-0.15, -0.1) is 0 Å². The normalized spacial score (nSPS) is 19.7. The second-order valence-electron chi connectivity index (χ2n) is 8.98. The van der Waals surface area contributed by atoms with E-state index >= 15 is 0 Å². The van der Waals surface area contributed by atoms with Crippen molar-refractivity contribution in [1.29, 1.82) is 0 Å². The predicted octanol–water partition coefficient (Wildman–Crippen LogP) is 3.99. The molecule has 2 aromatic carbocycles. The molecule has 0 unspecified atom stereocenters. The third-order valence-corrected chi connectivity index (χ3v) is 7.01. The zero-order valence-electron chi connectivity index (χ0n) is 18.6. The number of benzene rings is 2. The summed E-state index contributed by atoms with van der Waals surface area (Å²) in [5, 5.41) is 0. The lowest BCUT2D eigenvalue weighted by molar-refractivity contribution is -0.138. The number of hydrogen-bond acceptors (Lipinski definition) is 4. The topological polar surface area (TPSA) is 58.8 Å². The van der Waals surface area contributed by atoms with E-state index in [-0.39, 0.29) is 11.5 Å². The largest absolute Gasteiger partial charge is 0.494 e. The summed E-state index contributed by atoms with van der Waals surface area (Å²) >= 11 is 0. The first-order valence-electron chi connectivity index (χ1n) is 11.6. The zero-order chi connectivity index (χ0) is 21.7. The highest BCUT2D eigenvalue weighted by atomic mass is 16.5. The van der Waals surface area contributed by atoms with Crippen LogP contribution in [0.2, 0.25) is 0 Å². The second-order valence-corrected chi connectivity index (χ2v) is 8.98. The fourth-order valence-corrected chi connectivity index (χ4v) is 4.98. The number of likely N-dealkylation sites (tertiary alicyclic amines) is 2. The third kappa shape index (κ3) is 5.10. The van der Waals surface area contributed by atoms with Gasteiger partial charge in [0.25, 0.3) is 0 Å². The van der Waals surface area contributed by atoms with E-state index in [0.717, 1.165) is 57.6 Å². The molecule has 2 aromatic rings. The van der Waals surface area contributed by atoms with Crippen LogP contribution < -0.4 is 10.5 Å². The average Bonchev–Trinajstić information content (AvgIpc) is 3.10. The molecule has 31 heavy (non-hydrogen) atoms. The van der Waals surface area contributed by atoms with Gasteiger partial charge in [0.15, 0.2) is 0 Å². The van der Waals surface area contributed by atoms with Crippen molar-refractivity contribution in [3.05, 3.63) is 65.7 Å². The lowest BCUT2D eigenvalue weighted by atomic mass is 9.77. The van der Waals surface area contributed by atoms with Gasteiger partial charge >= 0.3 is 0 Å². The van der Waals surface area contributed by atoms with Crippen LogP contribution in [0.25, 0.3) is 0 Å². The van der Waals surface area contributed by atoms with Crippen molar-refractivity contribution in [2.45, 2.75) is 45.2 Å². The van der Waals surface area contributed by atoms with Crippen LogP contribution in [0.4, 0.5) is 0 Å². The van der Waals surface area contributed by atoms with Crippen LogP contribution in [-0.2, 0) is 11.3 Å². The number of rotatable bonds is 8. The van der Waals surface area contributed by atoms with Crippen LogP contribution >= 0.6 is 0 Å². The molecule has 5 heteroatoms. The molecular formula is C26H35N3O2. The minimum absolute atomic E-state index is 0.0785. The van der Waals surface area contributed by atoms with Gasteiger partial charge in [-0.1, -0.05) is 42.5 Å². The van der Waals surface area contributed by atoms with Crippen molar-refractivity contribution in [3.8, 4) is 5.75 Å². The molecule has 4 rings (SSSR count). The molecule has 0 bridgehead atoms. The van der Waals surface area contributed by atoms with Gasteiger partial charge in [-0.05, 0) is 75.5 Å². The Hall–Kier alpha value is -2.37. The number of amides is 1. The van der Waals surface area contributed by atoms with Crippen molar-refractivity contribution in [2.24, 2.45) is 11.1 Å². The Morgan fingerprint density at radius 1 is 1.00 bits per heavy atom. The first-order chi connectivity index (χ1) is 15.1. The van der Waals surface area contributed by atoms with Crippen molar-refractivity contribution in [3.63, 3.8) is 0 Å². The Morgan fingerprint density at radius 2 is 1.68 bits per heavy atom. The highest BCUT2D eigenvalue weighted by molar-refractivity contribution is 5.85. The van der Waals surface area contributed by atoms with Crippen LogP contribution in [0, 0.1) is 5.41 Å². The summed E-state index contributed by atoms with van der Waals surface area (Å²) in [6.07, 6.45) is 3.87. The zero-order valence-corrected chi connectivity index (χ0v) is 18.6. The highest BCUT2D eigenvalue weighted by Crippen LogP contribution is 2.42. The molecule has 0 saturated carbocycles. The predicted molar refractivity (Wildman–Crippen MR) is 124 cm³/mol. The van der Waals surface area contributed by atoms with Gasteiger partial charge in [-0.2, -0.15) is 0 Å². The molecule has 2 aliphatic rings. The van der Waals surface area contributed by atoms with Crippen LogP contribution in [0.15, 0.2) is 54.6 Å². The maximum Gasteiger partial charge on any atom is 0.229 e. The Kier molecular flexibility index (Phi) is 6.93. The van der Waals surface area contributed by atoms with Crippen LogP contribution in [-0.4, -0.2) is 48.5 Å². The Bertz CT molecular complexity index is 845. The first kappa shape index (κ1) is 21.8. The number of nitrogens with zero attached hydrogens (tertiary/aromatic N) is 2. The molecule has 2 N–H and O–H groups in total. The van der Waals surface area contributed by atoms with Gasteiger partial charge in [0, 0.05) is 19.1 Å². The highest BCUT2D eigenvalue weighted by Gasteiger charge is 2.47. The second kappa shape index (κ2) is 9.84. The van der Waals surface area contributed by atoms with Crippen molar-refractivity contribution < 1.29 is 9.53 Å². The summed E-state index contributed by atoms with van der Waals surface area (Å²) in [6, 6.07) is 18.5. The van der Waals surface area contributed by atoms with Gasteiger partial charge in [0.2, 0.25) is 5.91 Å². The molecular weight excluding hydrogens is 386 g/mol. The molecule has 0 aromatic heterocycles. The van der Waals surface area contributed by atoms with Crippen LogP contribution in [0.5, 0.6) is 5.75 Å². The summed E-state index contributed by atoms with van der Waals surface area (Å²) in [7, 11) is 0. The van der Waals surface area contributed by atoms with E-state index in [1.807, 2.05) is 37.3 Å². The van der Waals surface area contributed by atoms with Crippen molar-refractivity contribution >= 4 is 5.91 Å². The number of hydrogen-bond donors (Lipinski definition) is 1. The van der Waals surface area contributed by atoms with Crippen molar-refractivity contribution in [2.75, 3.05) is 32.8 Å². The van der Waals surface area contributed by atoms with E-state index in [0.29, 0.717) is 19.1 Å². The molecule has 2 aliphatic heterocycles. The minimum Gasteiger partial charge on any atom is -0.494 e. The molecule has 2 fully saturated rings. The quantitative estimate of drug-likeness (QED) is 0.700. The summed E-state index contributed by atoms with van der Waals surface area (Å²) in [6.45, 7) is 7.19. The molecule has 5 nitrogen and oxygen atoms in total. The fraction of sp³-hybridized carbons (Fsp3) is 0.500. The summed E-state index contributed by atoms with van der Waals surface area (Å²) in [5.74, 6) is 1.23. The summed E-state index contributed by atoms with van der Waals surface area (Å²) < 4.78 is 5.52. The first-order valence-corrected chi connectivity index (χ1v) is 11.6. The molecule has 0 aliphatic carbocycles. The van der Waals surface area contributed by atoms with Gasteiger partial charge in [-0.25, -0.2) is 0 Å². The lowest BCUT2D eigenvalue weighted by Gasteiger charge is -2.38. The Balaban J connectivity index is 1.26. The van der Waals surface area contributed by atoms with Gasteiger partial charge in [0.05, 0.1) is 12.0 Å². The number of piperidine rings is 1. The average molecular weight is 422 g/mol. The number of carbonyl (C=O) groups is 1. The molecule has 166 valence electrons.